The van der Waals surface area contributed by atoms with E-state index in [0.717, 1.165) is 32.2 Å². The summed E-state index contributed by atoms with van der Waals surface area (Å²) >= 11 is 0. The summed E-state index contributed by atoms with van der Waals surface area (Å²) in [6.45, 7) is 5.37. The fraction of sp³-hybridized carbons (Fsp3) is 0.923. The van der Waals surface area contributed by atoms with Crippen LogP contribution in [0.25, 0.3) is 0 Å². The van der Waals surface area contributed by atoms with Gasteiger partial charge in [0.05, 0.1) is 0 Å². The van der Waals surface area contributed by atoms with Gasteiger partial charge in [-0.25, -0.2) is 0 Å². The predicted octanol–water partition coefficient (Wildman–Crippen LogP) is 1.10. The van der Waals surface area contributed by atoms with Crippen molar-refractivity contribution in [1.29, 1.82) is 0 Å². The molecule has 0 aromatic carbocycles. The van der Waals surface area contributed by atoms with Gasteiger partial charge in [0, 0.05) is 31.1 Å². The van der Waals surface area contributed by atoms with Gasteiger partial charge in [0.25, 0.3) is 0 Å². The zero-order valence-electron chi connectivity index (χ0n) is 11.4. The minimum absolute atomic E-state index is 0.0173. The molecule has 4 nitrogen and oxygen atoms in total. The van der Waals surface area contributed by atoms with Gasteiger partial charge in [0.15, 0.2) is 0 Å². The Hall–Kier alpha value is -0.610. The van der Waals surface area contributed by atoms with E-state index >= 15 is 0 Å². The lowest BCUT2D eigenvalue weighted by molar-refractivity contribution is -0.122. The van der Waals surface area contributed by atoms with Crippen LogP contribution in [-0.2, 0) is 4.79 Å². The molecule has 1 aliphatic heterocycles. The second-order valence-electron chi connectivity index (χ2n) is 5.37. The van der Waals surface area contributed by atoms with Crippen LogP contribution in [0, 0.1) is 0 Å². The minimum Gasteiger partial charge on any atom is -0.353 e. The third-order valence-corrected chi connectivity index (χ3v) is 3.68. The normalized spacial score (nSPS) is 27.8. The van der Waals surface area contributed by atoms with Gasteiger partial charge in [-0.2, -0.15) is 0 Å². The molecule has 0 radical (unpaired) electrons. The van der Waals surface area contributed by atoms with Crippen molar-refractivity contribution < 1.29 is 4.79 Å². The van der Waals surface area contributed by atoms with Gasteiger partial charge >= 0.3 is 0 Å². The fourth-order valence-corrected chi connectivity index (χ4v) is 2.42. The molecule has 1 aliphatic rings. The highest BCUT2D eigenvalue weighted by atomic mass is 16.1. The van der Waals surface area contributed by atoms with Crippen LogP contribution in [0.2, 0.25) is 0 Å². The fourth-order valence-electron chi connectivity index (χ4n) is 2.42. The van der Waals surface area contributed by atoms with Crippen molar-refractivity contribution in [1.82, 2.24) is 10.2 Å². The van der Waals surface area contributed by atoms with Gasteiger partial charge in [0.2, 0.25) is 5.91 Å². The molecule has 1 saturated heterocycles. The number of nitrogens with one attached hydrogen (secondary N) is 1. The molecule has 4 heteroatoms. The number of likely N-dealkylation sites (tertiary alicyclic amines) is 1. The monoisotopic (exact) mass is 241 g/mol. The van der Waals surface area contributed by atoms with Crippen molar-refractivity contribution in [2.24, 2.45) is 5.73 Å². The van der Waals surface area contributed by atoms with Crippen molar-refractivity contribution >= 4 is 5.91 Å². The molecule has 0 saturated carbocycles. The molecule has 1 heterocycles. The third-order valence-electron chi connectivity index (χ3n) is 3.68. The maximum atomic E-state index is 11.8. The number of nitrogens with two attached hydrogens (primary N) is 1. The molecule has 3 unspecified atom stereocenters. The summed E-state index contributed by atoms with van der Waals surface area (Å²) in [5.74, 6) is 0.118. The Labute approximate surface area is 105 Å². The van der Waals surface area contributed by atoms with Crippen LogP contribution in [0.3, 0.4) is 0 Å². The van der Waals surface area contributed by atoms with Crippen LogP contribution >= 0.6 is 0 Å². The van der Waals surface area contributed by atoms with Crippen molar-refractivity contribution in [3.63, 3.8) is 0 Å². The lowest BCUT2D eigenvalue weighted by atomic mass is 9.98. The Bertz CT molecular complexity index is 245. The maximum Gasteiger partial charge on any atom is 0.221 e. The van der Waals surface area contributed by atoms with E-state index in [2.05, 4.69) is 31.1 Å². The molecule has 3 N–H and O–H groups in total. The zero-order valence-corrected chi connectivity index (χ0v) is 11.4. The topological polar surface area (TPSA) is 58.4 Å². The Morgan fingerprint density at radius 3 is 2.88 bits per heavy atom. The van der Waals surface area contributed by atoms with Crippen molar-refractivity contribution in [3.05, 3.63) is 0 Å². The van der Waals surface area contributed by atoms with Crippen LogP contribution in [-0.4, -0.2) is 42.5 Å². The molecular formula is C13H27N3O. The summed E-state index contributed by atoms with van der Waals surface area (Å²) in [6, 6.07) is 0.907. The van der Waals surface area contributed by atoms with Gasteiger partial charge in [-0.15, -0.1) is 0 Å². The largest absolute Gasteiger partial charge is 0.353 e. The number of amides is 1. The molecule has 1 rings (SSSR count). The molecule has 1 fully saturated rings. The highest BCUT2D eigenvalue weighted by Crippen LogP contribution is 2.15. The van der Waals surface area contributed by atoms with Crippen molar-refractivity contribution in [2.75, 3.05) is 13.6 Å². The predicted molar refractivity (Wildman–Crippen MR) is 70.8 cm³/mol. The first kappa shape index (κ1) is 14.5. The highest BCUT2D eigenvalue weighted by molar-refractivity contribution is 5.76. The Kier molecular flexibility index (Phi) is 5.92. The lowest BCUT2D eigenvalue weighted by Crippen LogP contribution is -2.48. The summed E-state index contributed by atoms with van der Waals surface area (Å²) in [5, 5.41) is 3.11. The number of piperidine rings is 1. The molecule has 1 amide bonds. The Morgan fingerprint density at radius 1 is 1.59 bits per heavy atom. The van der Waals surface area contributed by atoms with E-state index in [9.17, 15) is 4.79 Å². The standard InChI is InChI=1S/C13H27N3O/c1-4-5-11(14)9-13(17)15-12-6-7-16(3)10(2)8-12/h10-12H,4-9,14H2,1-3H3,(H,15,17). The van der Waals surface area contributed by atoms with Crippen LogP contribution in [0.5, 0.6) is 0 Å². The zero-order chi connectivity index (χ0) is 12.8. The molecule has 0 spiro atoms. The molecule has 17 heavy (non-hydrogen) atoms. The number of carbonyl (C=O) groups is 1. The van der Waals surface area contributed by atoms with Crippen molar-refractivity contribution in [2.45, 2.75) is 64.1 Å². The molecule has 0 aromatic heterocycles. The minimum atomic E-state index is 0.0173. The second-order valence-corrected chi connectivity index (χ2v) is 5.37. The number of hydrogen-bond acceptors (Lipinski definition) is 3. The van der Waals surface area contributed by atoms with E-state index in [1.807, 2.05) is 0 Å². The summed E-state index contributed by atoms with van der Waals surface area (Å²) in [5.41, 5.74) is 5.87. The summed E-state index contributed by atoms with van der Waals surface area (Å²) in [7, 11) is 2.14. The van der Waals surface area contributed by atoms with Crippen LogP contribution < -0.4 is 11.1 Å². The van der Waals surface area contributed by atoms with Gasteiger partial charge in [-0.1, -0.05) is 13.3 Å². The van der Waals surface area contributed by atoms with E-state index in [1.54, 1.807) is 0 Å². The van der Waals surface area contributed by atoms with Gasteiger partial charge in [-0.05, 0) is 33.2 Å². The average molecular weight is 241 g/mol. The molecule has 0 bridgehead atoms. The number of carbonyl (C=O) groups excluding carboxylic acids is 1. The van der Waals surface area contributed by atoms with E-state index in [4.69, 9.17) is 5.73 Å². The number of hydrogen-bond donors (Lipinski definition) is 2. The highest BCUT2D eigenvalue weighted by Gasteiger charge is 2.24. The molecular weight excluding hydrogens is 214 g/mol. The lowest BCUT2D eigenvalue weighted by Gasteiger charge is -2.35. The SMILES string of the molecule is CCCC(N)CC(=O)NC1CCN(C)C(C)C1. The Morgan fingerprint density at radius 2 is 2.29 bits per heavy atom. The van der Waals surface area contributed by atoms with Crippen molar-refractivity contribution in [3.8, 4) is 0 Å². The summed E-state index contributed by atoms with van der Waals surface area (Å²) in [4.78, 5) is 14.1. The number of nitrogens with zero attached hydrogens (tertiary/aromatic N) is 1. The molecule has 0 aromatic rings. The first-order chi connectivity index (χ1) is 8.02. The van der Waals surface area contributed by atoms with Crippen LogP contribution in [0.4, 0.5) is 0 Å². The first-order valence-corrected chi connectivity index (χ1v) is 6.78. The molecule has 0 aliphatic carbocycles. The van der Waals surface area contributed by atoms with E-state index in [-0.39, 0.29) is 11.9 Å². The third kappa shape index (κ3) is 5.04. The van der Waals surface area contributed by atoms with Gasteiger partial charge in [-0.3, -0.25) is 4.79 Å². The van der Waals surface area contributed by atoms with E-state index in [0.29, 0.717) is 18.5 Å². The number of rotatable bonds is 5. The Balaban J connectivity index is 2.27. The quantitative estimate of drug-likeness (QED) is 0.758. The molecule has 3 atom stereocenters. The first-order valence-electron chi connectivity index (χ1n) is 6.78. The summed E-state index contributed by atoms with van der Waals surface area (Å²) in [6.07, 6.45) is 4.53. The maximum absolute atomic E-state index is 11.8. The van der Waals surface area contributed by atoms with Gasteiger partial charge in [0.1, 0.15) is 0 Å². The molecule has 100 valence electrons. The second kappa shape index (κ2) is 6.97. The van der Waals surface area contributed by atoms with Crippen LogP contribution in [0.1, 0.15) is 46.0 Å². The summed E-state index contributed by atoms with van der Waals surface area (Å²) < 4.78 is 0. The van der Waals surface area contributed by atoms with E-state index < -0.39 is 0 Å². The van der Waals surface area contributed by atoms with Crippen LogP contribution in [0.15, 0.2) is 0 Å². The van der Waals surface area contributed by atoms with Gasteiger partial charge < -0.3 is 16.0 Å². The smallest absolute Gasteiger partial charge is 0.221 e. The van der Waals surface area contributed by atoms with E-state index in [1.165, 1.54) is 0 Å². The average Bonchev–Trinajstić information content (AvgIpc) is 2.23.